The second-order valence-electron chi connectivity index (χ2n) is 2.50. The maximum absolute atomic E-state index is 5.79. The Labute approximate surface area is 91.9 Å². The molecule has 0 aromatic carbocycles. The average Bonchev–Trinajstić information content (AvgIpc) is 1.83. The van der Waals surface area contributed by atoms with Gasteiger partial charge >= 0.3 is 21.1 Å². The molecule has 64 valence electrons. The van der Waals surface area contributed by atoms with E-state index in [1.165, 1.54) is 19.3 Å². The number of halogens is 2. The van der Waals surface area contributed by atoms with Crippen molar-refractivity contribution in [2.45, 2.75) is 32.1 Å². The molecular formula is C8H10Cl2Pt+2. The van der Waals surface area contributed by atoms with Gasteiger partial charge in [-0.3, -0.25) is 0 Å². The van der Waals surface area contributed by atoms with Crippen molar-refractivity contribution in [1.82, 2.24) is 0 Å². The zero-order chi connectivity index (χ0) is 7.40. The maximum atomic E-state index is 5.79. The summed E-state index contributed by atoms with van der Waals surface area (Å²) < 4.78 is 0. The van der Waals surface area contributed by atoms with Gasteiger partial charge in [-0.15, -0.1) is 0 Å². The first-order valence-electron chi connectivity index (χ1n) is 3.59. The minimum atomic E-state index is 0. The second-order valence-corrected chi connectivity index (χ2v) is 3.41. The predicted octanol–water partition coefficient (Wildman–Crippen LogP) is 3.79. The molecule has 0 saturated carbocycles. The molecule has 0 saturated heterocycles. The van der Waals surface area contributed by atoms with E-state index in [0.717, 1.165) is 22.9 Å². The summed E-state index contributed by atoms with van der Waals surface area (Å²) in [6.45, 7) is 0. The van der Waals surface area contributed by atoms with Crippen LogP contribution in [0.5, 0.6) is 0 Å². The van der Waals surface area contributed by atoms with E-state index in [-0.39, 0.29) is 21.1 Å². The van der Waals surface area contributed by atoms with Crippen LogP contribution in [0.4, 0.5) is 0 Å². The van der Waals surface area contributed by atoms with Crippen LogP contribution in [0, 0.1) is 0 Å². The van der Waals surface area contributed by atoms with Gasteiger partial charge in [0, 0.05) is 0 Å². The van der Waals surface area contributed by atoms with Crippen LogP contribution in [-0.2, 0) is 21.1 Å². The van der Waals surface area contributed by atoms with Gasteiger partial charge in [0.15, 0.2) is 0 Å². The molecule has 0 unspecified atom stereocenters. The first-order chi connectivity index (χ1) is 4.79. The zero-order valence-electron chi connectivity index (χ0n) is 6.11. The van der Waals surface area contributed by atoms with Crippen LogP contribution in [0.25, 0.3) is 0 Å². The number of allylic oxidation sites excluding steroid dienone is 1. The van der Waals surface area contributed by atoms with E-state index in [2.05, 4.69) is 5.73 Å². The molecule has 0 aromatic rings. The normalized spacial score (nSPS) is 18.7. The Morgan fingerprint density at radius 3 is 1.82 bits per heavy atom. The van der Waals surface area contributed by atoms with Crippen molar-refractivity contribution in [1.29, 1.82) is 0 Å². The average molecular weight is 372 g/mol. The summed E-state index contributed by atoms with van der Waals surface area (Å²) >= 11 is 11.6. The van der Waals surface area contributed by atoms with Gasteiger partial charge in [-0.25, -0.2) is 0 Å². The van der Waals surface area contributed by atoms with Crippen LogP contribution >= 0.6 is 23.2 Å². The molecule has 0 amide bonds. The van der Waals surface area contributed by atoms with E-state index in [1.54, 1.807) is 0 Å². The molecule has 0 radical (unpaired) electrons. The van der Waals surface area contributed by atoms with Crippen molar-refractivity contribution in [3.05, 3.63) is 15.8 Å². The van der Waals surface area contributed by atoms with Crippen molar-refractivity contribution >= 4 is 23.2 Å². The summed E-state index contributed by atoms with van der Waals surface area (Å²) in [5, 5.41) is 1.56. The predicted molar refractivity (Wildman–Crippen MR) is 45.3 cm³/mol. The topological polar surface area (TPSA) is 0 Å². The molecule has 1 rings (SSSR count). The van der Waals surface area contributed by atoms with E-state index < -0.39 is 0 Å². The first-order valence-corrected chi connectivity index (χ1v) is 4.34. The van der Waals surface area contributed by atoms with Crippen molar-refractivity contribution < 1.29 is 21.1 Å². The Balaban J connectivity index is 0.000001000. The molecule has 0 atom stereocenters. The summed E-state index contributed by atoms with van der Waals surface area (Å²) in [4.78, 5) is 0. The Bertz CT molecular complexity index is 165. The number of hydrogen-bond acceptors (Lipinski definition) is 0. The van der Waals surface area contributed by atoms with Crippen molar-refractivity contribution in [3.63, 3.8) is 0 Å². The Hall–Kier alpha value is 0.788. The fourth-order valence-corrected chi connectivity index (χ4v) is 1.55. The summed E-state index contributed by atoms with van der Waals surface area (Å²) in [7, 11) is 0. The van der Waals surface area contributed by atoms with Gasteiger partial charge in [-0.1, -0.05) is 35.4 Å². The third kappa shape index (κ3) is 5.09. The smallest absolute Gasteiger partial charge is 0.0891 e. The molecule has 3 heteroatoms. The van der Waals surface area contributed by atoms with Crippen LogP contribution in [-0.4, -0.2) is 0 Å². The minimum Gasteiger partial charge on any atom is -0.0891 e. The molecular weight excluding hydrogens is 362 g/mol. The largest absolute Gasteiger partial charge is 2.00 e. The molecule has 0 fully saturated rings. The Morgan fingerprint density at radius 2 is 1.36 bits per heavy atom. The van der Waals surface area contributed by atoms with Gasteiger partial charge in [0.2, 0.25) is 0 Å². The van der Waals surface area contributed by atoms with Gasteiger partial charge in [0.25, 0.3) is 0 Å². The third-order valence-corrected chi connectivity index (χ3v) is 2.13. The van der Waals surface area contributed by atoms with Crippen LogP contribution in [0.2, 0.25) is 0 Å². The van der Waals surface area contributed by atoms with Crippen molar-refractivity contribution in [3.8, 4) is 0 Å². The van der Waals surface area contributed by atoms with E-state index in [0.29, 0.717) is 0 Å². The summed E-state index contributed by atoms with van der Waals surface area (Å²) in [5.41, 5.74) is 2.95. The summed E-state index contributed by atoms with van der Waals surface area (Å²) in [6.07, 6.45) is 5.47. The summed E-state index contributed by atoms with van der Waals surface area (Å²) in [6, 6.07) is 0. The summed E-state index contributed by atoms with van der Waals surface area (Å²) in [5.74, 6) is 0. The first kappa shape index (κ1) is 11.8. The van der Waals surface area contributed by atoms with Gasteiger partial charge in [-0.05, 0) is 25.7 Å². The van der Waals surface area contributed by atoms with E-state index in [9.17, 15) is 0 Å². The molecule has 0 bridgehead atoms. The molecule has 0 spiro atoms. The fourth-order valence-electron chi connectivity index (χ4n) is 1.01. The van der Waals surface area contributed by atoms with Crippen LogP contribution in [0.3, 0.4) is 0 Å². The van der Waals surface area contributed by atoms with E-state index >= 15 is 0 Å². The quantitative estimate of drug-likeness (QED) is 0.568. The second kappa shape index (κ2) is 6.32. The zero-order valence-corrected chi connectivity index (χ0v) is 9.89. The molecule has 0 heterocycles. The van der Waals surface area contributed by atoms with Gasteiger partial charge in [0.1, 0.15) is 0 Å². The fraction of sp³-hybridized carbons (Fsp3) is 0.625. The Kier molecular flexibility index (Phi) is 6.77. The maximum Gasteiger partial charge on any atom is 2.00 e. The van der Waals surface area contributed by atoms with Crippen LogP contribution in [0.1, 0.15) is 32.1 Å². The van der Waals surface area contributed by atoms with Gasteiger partial charge in [0.05, 0.1) is 10.1 Å². The van der Waals surface area contributed by atoms with Crippen LogP contribution < -0.4 is 0 Å². The Morgan fingerprint density at radius 1 is 0.909 bits per heavy atom. The van der Waals surface area contributed by atoms with E-state index in [4.69, 9.17) is 23.2 Å². The van der Waals surface area contributed by atoms with Crippen LogP contribution in [0.15, 0.2) is 15.8 Å². The molecule has 1 aliphatic rings. The number of rotatable bonds is 0. The monoisotopic (exact) mass is 371 g/mol. The molecule has 0 N–H and O–H groups in total. The molecule has 11 heavy (non-hydrogen) atoms. The molecule has 0 nitrogen and oxygen atoms in total. The molecule has 0 aromatic heterocycles. The molecule has 0 aliphatic heterocycles. The van der Waals surface area contributed by atoms with Crippen molar-refractivity contribution in [2.75, 3.05) is 0 Å². The van der Waals surface area contributed by atoms with E-state index in [1.807, 2.05) is 0 Å². The van der Waals surface area contributed by atoms with Gasteiger partial charge in [-0.2, -0.15) is 0 Å². The molecule has 1 aliphatic carbocycles. The van der Waals surface area contributed by atoms with Crippen molar-refractivity contribution in [2.24, 2.45) is 0 Å². The number of hydrogen-bond donors (Lipinski definition) is 0. The standard InChI is InChI=1S/C8H10Cl2.Pt/c9-7-4-2-1-3-5-8(10)6-7;/h1-5H2;/q;+2. The minimum absolute atomic E-state index is 0. The van der Waals surface area contributed by atoms with Gasteiger partial charge < -0.3 is 0 Å². The third-order valence-electron chi connectivity index (χ3n) is 1.56. The SMILES string of the molecule is ClC1=C=C(Cl)CCCCC1.[Pt+2].